The quantitative estimate of drug-likeness (QED) is 0.397. The molecule has 142 valence electrons. The number of aromatic hydroxyl groups is 1. The van der Waals surface area contributed by atoms with Crippen LogP contribution in [0.5, 0.6) is 5.75 Å². The third kappa shape index (κ3) is 4.76. The summed E-state index contributed by atoms with van der Waals surface area (Å²) in [5, 5.41) is 19.5. The first-order valence-electron chi connectivity index (χ1n) is 9.86. The number of hydrogen-bond acceptors (Lipinski definition) is 3. The van der Waals surface area contributed by atoms with Crippen LogP contribution in [0.4, 0.5) is 0 Å². The minimum absolute atomic E-state index is 0.198. The van der Waals surface area contributed by atoms with E-state index < -0.39 is 0 Å². The van der Waals surface area contributed by atoms with Gasteiger partial charge in [0.15, 0.2) is 0 Å². The molecule has 3 aromatic rings. The lowest BCUT2D eigenvalue weighted by Crippen LogP contribution is -2.00. The smallest absolute Gasteiger partial charge is 0.143 e. The Morgan fingerprint density at radius 2 is 1.96 bits per heavy atom. The number of nitrogens with zero attached hydrogens (tertiary/aromatic N) is 3. The summed E-state index contributed by atoms with van der Waals surface area (Å²) in [6.07, 6.45) is 8.59. The number of allylic oxidation sites excluding steroid dienone is 1. The molecule has 2 aromatic carbocycles. The summed E-state index contributed by atoms with van der Waals surface area (Å²) in [6, 6.07) is 11.7. The zero-order chi connectivity index (χ0) is 19.2. The molecule has 0 atom stereocenters. The number of phenols is 1. The van der Waals surface area contributed by atoms with Crippen molar-refractivity contribution in [3.63, 3.8) is 0 Å². The second-order valence-electron chi connectivity index (χ2n) is 7.58. The van der Waals surface area contributed by atoms with Crippen LogP contribution in [-0.4, -0.2) is 20.1 Å². The number of fused-ring (bicyclic) bond motifs is 1. The summed E-state index contributed by atoms with van der Waals surface area (Å²) in [5.74, 6) is 0.973. The van der Waals surface area contributed by atoms with Crippen molar-refractivity contribution in [1.82, 2.24) is 15.0 Å². The Kier molecular flexibility index (Phi) is 6.28. The van der Waals surface area contributed by atoms with Gasteiger partial charge in [0.25, 0.3) is 0 Å². The average Bonchev–Trinajstić information content (AvgIpc) is 3.08. The van der Waals surface area contributed by atoms with Crippen molar-refractivity contribution in [3.05, 3.63) is 60.2 Å². The van der Waals surface area contributed by atoms with Gasteiger partial charge in [-0.2, -0.15) is 0 Å². The number of rotatable bonds is 9. The van der Waals surface area contributed by atoms with Gasteiger partial charge in [-0.3, -0.25) is 0 Å². The lowest BCUT2D eigenvalue weighted by atomic mass is 10.0. The van der Waals surface area contributed by atoms with E-state index in [0.717, 1.165) is 41.8 Å². The topological polar surface area (TPSA) is 50.9 Å². The van der Waals surface area contributed by atoms with E-state index in [9.17, 15) is 5.11 Å². The van der Waals surface area contributed by atoms with Gasteiger partial charge in [0.2, 0.25) is 0 Å². The van der Waals surface area contributed by atoms with Gasteiger partial charge in [-0.1, -0.05) is 57.4 Å². The highest BCUT2D eigenvalue weighted by Crippen LogP contribution is 2.25. The molecule has 4 heteroatoms. The molecular formula is C23H29N3O. The van der Waals surface area contributed by atoms with Gasteiger partial charge >= 0.3 is 0 Å². The van der Waals surface area contributed by atoms with E-state index >= 15 is 0 Å². The van der Waals surface area contributed by atoms with Crippen molar-refractivity contribution in [2.24, 2.45) is 5.92 Å². The number of hydrogen-bond donors (Lipinski definition) is 1. The Bertz CT molecular complexity index is 911. The Hall–Kier alpha value is -2.62. The highest BCUT2D eigenvalue weighted by molar-refractivity contribution is 5.78. The predicted octanol–water partition coefficient (Wildman–Crippen LogP) is 5.61. The molecule has 0 fully saturated rings. The minimum Gasteiger partial charge on any atom is -0.506 e. The SMILES string of the molecule is C=CCc1cccc2nn(-c3cc(CCCCCC(C)C)ccc3O)nc12. The van der Waals surface area contributed by atoms with E-state index in [4.69, 9.17) is 0 Å². The Balaban J connectivity index is 1.79. The fourth-order valence-electron chi connectivity index (χ4n) is 3.36. The van der Waals surface area contributed by atoms with Crippen molar-refractivity contribution in [3.8, 4) is 11.4 Å². The largest absolute Gasteiger partial charge is 0.506 e. The molecule has 0 aliphatic heterocycles. The van der Waals surface area contributed by atoms with Crippen LogP contribution in [0.25, 0.3) is 16.7 Å². The van der Waals surface area contributed by atoms with E-state index in [2.05, 4.69) is 30.6 Å². The van der Waals surface area contributed by atoms with Crippen LogP contribution in [0.15, 0.2) is 49.1 Å². The van der Waals surface area contributed by atoms with Crippen molar-refractivity contribution in [1.29, 1.82) is 0 Å². The van der Waals surface area contributed by atoms with Crippen LogP contribution in [0.1, 0.15) is 50.7 Å². The predicted molar refractivity (Wildman–Crippen MR) is 111 cm³/mol. The lowest BCUT2D eigenvalue weighted by molar-refractivity contribution is 0.467. The normalized spacial score (nSPS) is 11.4. The van der Waals surface area contributed by atoms with Crippen LogP contribution in [-0.2, 0) is 12.8 Å². The molecule has 0 unspecified atom stereocenters. The molecule has 4 nitrogen and oxygen atoms in total. The van der Waals surface area contributed by atoms with E-state index in [1.54, 1.807) is 10.9 Å². The van der Waals surface area contributed by atoms with Gasteiger partial charge in [-0.15, -0.1) is 21.6 Å². The molecule has 1 N–H and O–H groups in total. The molecule has 0 aliphatic rings. The summed E-state index contributed by atoms with van der Waals surface area (Å²) < 4.78 is 0. The second-order valence-corrected chi connectivity index (χ2v) is 7.58. The van der Waals surface area contributed by atoms with E-state index in [1.807, 2.05) is 36.4 Å². The third-order valence-corrected chi connectivity index (χ3v) is 4.86. The monoisotopic (exact) mass is 363 g/mol. The summed E-state index contributed by atoms with van der Waals surface area (Å²) >= 11 is 0. The van der Waals surface area contributed by atoms with Crippen LogP contribution in [0.3, 0.4) is 0 Å². The van der Waals surface area contributed by atoms with Crippen LogP contribution >= 0.6 is 0 Å². The van der Waals surface area contributed by atoms with Crippen LogP contribution < -0.4 is 0 Å². The van der Waals surface area contributed by atoms with Gasteiger partial charge < -0.3 is 5.11 Å². The molecular weight excluding hydrogens is 334 g/mol. The number of benzene rings is 2. The molecule has 0 saturated heterocycles. The van der Waals surface area contributed by atoms with Crippen molar-refractivity contribution >= 4 is 11.0 Å². The highest BCUT2D eigenvalue weighted by atomic mass is 16.3. The van der Waals surface area contributed by atoms with Crippen molar-refractivity contribution < 1.29 is 5.11 Å². The van der Waals surface area contributed by atoms with Gasteiger partial charge in [0.1, 0.15) is 22.5 Å². The summed E-state index contributed by atoms with van der Waals surface area (Å²) in [7, 11) is 0. The van der Waals surface area contributed by atoms with Crippen molar-refractivity contribution in [2.75, 3.05) is 0 Å². The molecule has 27 heavy (non-hydrogen) atoms. The molecule has 3 rings (SSSR count). The maximum Gasteiger partial charge on any atom is 0.143 e. The fraction of sp³-hybridized carbons (Fsp3) is 0.391. The van der Waals surface area contributed by atoms with Gasteiger partial charge in [0, 0.05) is 0 Å². The Labute approximate surface area is 161 Å². The second kappa shape index (κ2) is 8.85. The van der Waals surface area contributed by atoms with Crippen molar-refractivity contribution in [2.45, 2.75) is 52.4 Å². The first kappa shape index (κ1) is 19.2. The molecule has 0 aliphatic carbocycles. The number of phenolic OH excluding ortho intramolecular Hbond substituents is 1. The zero-order valence-electron chi connectivity index (χ0n) is 16.4. The Morgan fingerprint density at radius 3 is 2.74 bits per heavy atom. The van der Waals surface area contributed by atoms with E-state index in [-0.39, 0.29) is 5.75 Å². The fourth-order valence-corrected chi connectivity index (χ4v) is 3.36. The van der Waals surface area contributed by atoms with Gasteiger partial charge in [-0.05, 0) is 54.5 Å². The maximum absolute atomic E-state index is 10.3. The molecule has 0 saturated carbocycles. The number of aromatic nitrogens is 3. The van der Waals surface area contributed by atoms with Crippen LogP contribution in [0.2, 0.25) is 0 Å². The average molecular weight is 364 g/mol. The first-order chi connectivity index (χ1) is 13.1. The molecule has 1 heterocycles. The lowest BCUT2D eigenvalue weighted by Gasteiger charge is -2.08. The highest BCUT2D eigenvalue weighted by Gasteiger charge is 2.12. The van der Waals surface area contributed by atoms with Gasteiger partial charge in [-0.25, -0.2) is 0 Å². The number of unbranched alkanes of at least 4 members (excludes halogenated alkanes) is 2. The molecule has 1 aromatic heterocycles. The molecule has 0 bridgehead atoms. The molecule has 0 radical (unpaired) electrons. The standard InChI is InChI=1S/C23H29N3O/c1-4-9-19-12-8-13-20-23(19)25-26(24-20)21-16-18(14-15-22(21)27)11-7-5-6-10-17(2)3/h4,8,12-17,27H,1,5-7,9-11H2,2-3H3. The third-order valence-electron chi connectivity index (χ3n) is 4.86. The zero-order valence-corrected chi connectivity index (χ0v) is 16.4. The minimum atomic E-state index is 0.198. The maximum atomic E-state index is 10.3. The first-order valence-corrected chi connectivity index (χ1v) is 9.86. The molecule has 0 amide bonds. The summed E-state index contributed by atoms with van der Waals surface area (Å²) in [6.45, 7) is 8.35. The van der Waals surface area contributed by atoms with Gasteiger partial charge in [0.05, 0.1) is 0 Å². The van der Waals surface area contributed by atoms with E-state index in [1.165, 1.54) is 24.8 Å². The summed E-state index contributed by atoms with van der Waals surface area (Å²) in [5.41, 5.74) is 4.62. The van der Waals surface area contributed by atoms with Crippen LogP contribution in [0, 0.1) is 5.92 Å². The number of aryl methyl sites for hydroxylation is 1. The summed E-state index contributed by atoms with van der Waals surface area (Å²) in [4.78, 5) is 1.55. The van der Waals surface area contributed by atoms with E-state index in [0.29, 0.717) is 5.69 Å². The molecule has 0 spiro atoms. The Morgan fingerprint density at radius 1 is 1.11 bits per heavy atom.